The minimum absolute atomic E-state index is 0.216. The van der Waals surface area contributed by atoms with Crippen LogP contribution in [0.15, 0.2) is 0 Å². The molecule has 1 atom stereocenters. The van der Waals surface area contributed by atoms with Crippen LogP contribution in [0.4, 0.5) is 0 Å². The summed E-state index contributed by atoms with van der Waals surface area (Å²) in [6, 6.07) is 0. The first-order valence-corrected chi connectivity index (χ1v) is 6.61. The molecule has 1 aliphatic heterocycles. The summed E-state index contributed by atoms with van der Waals surface area (Å²) in [4.78, 5) is 0. The number of ether oxygens (including phenoxy) is 1. The largest absolute Gasteiger partial charge is 0.504 e. The normalized spacial score (nSPS) is 23.4. The van der Waals surface area contributed by atoms with Crippen LogP contribution in [0, 0.1) is 13.8 Å². The fraction of sp³-hybridized carbons (Fsp3) is 0.571. The molecule has 1 fully saturated rings. The Hall–Kier alpha value is -0.930. The van der Waals surface area contributed by atoms with E-state index < -0.39 is 0 Å². The SMILES string of the molecule is COc1c(C)c(Cl)c(C)c(C2(C)CCCN2)c1O. The van der Waals surface area contributed by atoms with Crippen molar-refractivity contribution in [1.29, 1.82) is 0 Å². The number of halogens is 1. The van der Waals surface area contributed by atoms with Gasteiger partial charge in [-0.15, -0.1) is 0 Å². The molecule has 4 heteroatoms. The van der Waals surface area contributed by atoms with Crippen LogP contribution in [-0.4, -0.2) is 18.8 Å². The molecular weight excluding hydrogens is 250 g/mol. The van der Waals surface area contributed by atoms with Gasteiger partial charge in [0.1, 0.15) is 0 Å². The molecule has 0 aromatic heterocycles. The molecule has 3 nitrogen and oxygen atoms in total. The number of hydrogen-bond donors (Lipinski definition) is 2. The van der Waals surface area contributed by atoms with Crippen LogP contribution in [0.3, 0.4) is 0 Å². The number of phenols is 1. The number of benzene rings is 1. The van der Waals surface area contributed by atoms with E-state index in [0.29, 0.717) is 10.8 Å². The average Bonchev–Trinajstić information content (AvgIpc) is 2.75. The first-order chi connectivity index (χ1) is 8.42. The molecule has 0 spiro atoms. The van der Waals surface area contributed by atoms with Gasteiger partial charge in [-0.1, -0.05) is 11.6 Å². The number of hydrogen-bond acceptors (Lipinski definition) is 3. The Morgan fingerprint density at radius 2 is 2.00 bits per heavy atom. The lowest BCUT2D eigenvalue weighted by Gasteiger charge is -2.30. The van der Waals surface area contributed by atoms with Crippen LogP contribution in [-0.2, 0) is 5.54 Å². The number of methoxy groups -OCH3 is 1. The van der Waals surface area contributed by atoms with E-state index in [1.165, 1.54) is 0 Å². The minimum Gasteiger partial charge on any atom is -0.504 e. The summed E-state index contributed by atoms with van der Waals surface area (Å²) in [5, 5.41) is 14.6. The maximum Gasteiger partial charge on any atom is 0.165 e. The zero-order chi connectivity index (χ0) is 13.5. The molecule has 2 N–H and O–H groups in total. The van der Waals surface area contributed by atoms with Crippen LogP contribution in [0.5, 0.6) is 11.5 Å². The summed E-state index contributed by atoms with van der Waals surface area (Å²) in [5.74, 6) is 0.698. The lowest BCUT2D eigenvalue weighted by atomic mass is 9.85. The van der Waals surface area contributed by atoms with Gasteiger partial charge >= 0.3 is 0 Å². The molecule has 2 rings (SSSR count). The van der Waals surface area contributed by atoms with Crippen molar-refractivity contribution in [1.82, 2.24) is 5.32 Å². The van der Waals surface area contributed by atoms with Crippen molar-refractivity contribution in [2.75, 3.05) is 13.7 Å². The zero-order valence-electron chi connectivity index (χ0n) is 11.4. The van der Waals surface area contributed by atoms with Crippen molar-refractivity contribution in [3.63, 3.8) is 0 Å². The number of nitrogens with one attached hydrogen (secondary N) is 1. The van der Waals surface area contributed by atoms with Crippen LogP contribution in [0.25, 0.3) is 0 Å². The Morgan fingerprint density at radius 3 is 2.50 bits per heavy atom. The van der Waals surface area contributed by atoms with Crippen molar-refractivity contribution in [3.8, 4) is 11.5 Å². The minimum atomic E-state index is -0.223. The van der Waals surface area contributed by atoms with E-state index in [-0.39, 0.29) is 11.3 Å². The van der Waals surface area contributed by atoms with E-state index >= 15 is 0 Å². The Balaban J connectivity index is 2.70. The molecule has 1 heterocycles. The van der Waals surface area contributed by atoms with Gasteiger partial charge in [0.15, 0.2) is 11.5 Å². The highest BCUT2D eigenvalue weighted by Crippen LogP contribution is 2.47. The molecule has 0 amide bonds. The van der Waals surface area contributed by atoms with Gasteiger partial charge in [0.2, 0.25) is 0 Å². The maximum atomic E-state index is 10.5. The molecule has 1 saturated heterocycles. The third kappa shape index (κ3) is 1.86. The van der Waals surface area contributed by atoms with Crippen LogP contribution < -0.4 is 10.1 Å². The second-order valence-corrected chi connectivity index (χ2v) is 5.56. The summed E-state index contributed by atoms with van der Waals surface area (Å²) in [6.45, 7) is 6.88. The van der Waals surface area contributed by atoms with Crippen molar-refractivity contribution >= 4 is 11.6 Å². The summed E-state index contributed by atoms with van der Waals surface area (Å²) in [6.07, 6.45) is 2.09. The smallest absolute Gasteiger partial charge is 0.165 e. The highest BCUT2D eigenvalue weighted by Gasteiger charge is 2.36. The summed E-state index contributed by atoms with van der Waals surface area (Å²) >= 11 is 6.36. The fourth-order valence-corrected chi connectivity index (χ4v) is 3.17. The topological polar surface area (TPSA) is 41.5 Å². The van der Waals surface area contributed by atoms with Crippen molar-refractivity contribution in [3.05, 3.63) is 21.7 Å². The Kier molecular flexibility index (Phi) is 3.47. The van der Waals surface area contributed by atoms with Gasteiger partial charge < -0.3 is 15.2 Å². The number of aromatic hydroxyl groups is 1. The van der Waals surface area contributed by atoms with Gasteiger partial charge in [-0.05, 0) is 45.7 Å². The molecule has 1 aliphatic rings. The fourth-order valence-electron chi connectivity index (χ4n) is 2.99. The molecule has 18 heavy (non-hydrogen) atoms. The maximum absolute atomic E-state index is 10.5. The Bertz CT molecular complexity index is 479. The molecule has 1 aromatic carbocycles. The quantitative estimate of drug-likeness (QED) is 0.866. The van der Waals surface area contributed by atoms with Gasteiger partial charge in [-0.3, -0.25) is 0 Å². The predicted octanol–water partition coefficient (Wildman–Crippen LogP) is 3.27. The molecule has 0 bridgehead atoms. The molecule has 0 aliphatic carbocycles. The van der Waals surface area contributed by atoms with E-state index in [1.807, 2.05) is 13.8 Å². The molecule has 1 aromatic rings. The lowest BCUT2D eigenvalue weighted by molar-refractivity contribution is 0.348. The number of rotatable bonds is 2. The van der Waals surface area contributed by atoms with Gasteiger partial charge in [0, 0.05) is 16.7 Å². The van der Waals surface area contributed by atoms with Gasteiger partial charge in [0.25, 0.3) is 0 Å². The Labute approximate surface area is 113 Å². The van der Waals surface area contributed by atoms with E-state index in [4.69, 9.17) is 16.3 Å². The summed E-state index contributed by atoms with van der Waals surface area (Å²) in [5.41, 5.74) is 2.37. The zero-order valence-corrected chi connectivity index (χ0v) is 12.1. The Morgan fingerprint density at radius 1 is 1.33 bits per heavy atom. The highest BCUT2D eigenvalue weighted by atomic mass is 35.5. The lowest BCUT2D eigenvalue weighted by Crippen LogP contribution is -2.34. The average molecular weight is 270 g/mol. The monoisotopic (exact) mass is 269 g/mol. The van der Waals surface area contributed by atoms with Crippen molar-refractivity contribution in [2.45, 2.75) is 39.2 Å². The highest BCUT2D eigenvalue weighted by molar-refractivity contribution is 6.32. The summed E-state index contributed by atoms with van der Waals surface area (Å²) < 4.78 is 5.29. The summed E-state index contributed by atoms with van der Waals surface area (Å²) in [7, 11) is 1.56. The molecular formula is C14H20ClNO2. The van der Waals surface area contributed by atoms with Crippen LogP contribution >= 0.6 is 11.6 Å². The van der Waals surface area contributed by atoms with Crippen molar-refractivity contribution < 1.29 is 9.84 Å². The van der Waals surface area contributed by atoms with E-state index in [9.17, 15) is 5.11 Å². The molecule has 0 radical (unpaired) electrons. The van der Waals surface area contributed by atoms with Crippen LogP contribution in [0.2, 0.25) is 5.02 Å². The molecule has 100 valence electrons. The third-order valence-electron chi connectivity index (χ3n) is 3.95. The standard InChI is InChI=1S/C14H20ClNO2/c1-8-10(14(3)6-5-7-16-14)12(17)13(18-4)9(2)11(8)15/h16-17H,5-7H2,1-4H3. The molecule has 0 saturated carbocycles. The van der Waals surface area contributed by atoms with E-state index in [2.05, 4.69) is 12.2 Å². The van der Waals surface area contributed by atoms with Gasteiger partial charge in [-0.2, -0.15) is 0 Å². The third-order valence-corrected chi connectivity index (χ3v) is 4.52. The van der Waals surface area contributed by atoms with Crippen molar-refractivity contribution in [2.24, 2.45) is 0 Å². The van der Waals surface area contributed by atoms with Crippen LogP contribution in [0.1, 0.15) is 36.5 Å². The first kappa shape index (κ1) is 13.5. The predicted molar refractivity (Wildman–Crippen MR) is 73.7 cm³/mol. The molecule has 1 unspecified atom stereocenters. The van der Waals surface area contributed by atoms with Gasteiger partial charge in [-0.25, -0.2) is 0 Å². The second kappa shape index (κ2) is 4.63. The first-order valence-electron chi connectivity index (χ1n) is 6.23. The van der Waals surface area contributed by atoms with Gasteiger partial charge in [0.05, 0.1) is 12.1 Å². The number of phenolic OH excluding ortho intramolecular Hbond substituents is 1. The van der Waals surface area contributed by atoms with E-state index in [1.54, 1.807) is 7.11 Å². The van der Waals surface area contributed by atoms with E-state index in [0.717, 1.165) is 36.1 Å². The second-order valence-electron chi connectivity index (χ2n) is 5.18.